The number of fused-ring (bicyclic) bond motifs is 1. The zero-order valence-corrected chi connectivity index (χ0v) is 7.71. The molecule has 1 unspecified atom stereocenters. The molecule has 0 N–H and O–H groups in total. The van der Waals surface area contributed by atoms with Gasteiger partial charge in [0.2, 0.25) is 0 Å². The van der Waals surface area contributed by atoms with E-state index in [0.717, 1.165) is 16.7 Å². The van der Waals surface area contributed by atoms with E-state index in [0.29, 0.717) is 0 Å². The Hall–Kier alpha value is -0.890. The van der Waals surface area contributed by atoms with Crippen LogP contribution >= 0.6 is 12.6 Å². The fraction of sp³-hybridized carbons (Fsp3) is 0.200. The normalized spacial score (nSPS) is 13.5. The molecule has 0 aliphatic carbocycles. The number of furan rings is 1. The van der Waals surface area contributed by atoms with Crippen molar-refractivity contribution in [1.82, 2.24) is 0 Å². The quantitative estimate of drug-likeness (QED) is 0.660. The lowest BCUT2D eigenvalue weighted by molar-refractivity contribution is 0.554. The zero-order chi connectivity index (χ0) is 8.55. The molecule has 2 heteroatoms. The van der Waals surface area contributed by atoms with Crippen molar-refractivity contribution in [2.24, 2.45) is 0 Å². The van der Waals surface area contributed by atoms with Crippen LogP contribution in [0.4, 0.5) is 0 Å². The first-order valence-electron chi connectivity index (χ1n) is 3.94. The molecule has 0 spiro atoms. The maximum atomic E-state index is 5.55. The van der Waals surface area contributed by atoms with Crippen LogP contribution in [-0.4, -0.2) is 0 Å². The number of para-hydroxylation sites is 1. The smallest absolute Gasteiger partial charge is 0.134 e. The Morgan fingerprint density at radius 2 is 2.08 bits per heavy atom. The molecule has 0 aliphatic rings. The highest BCUT2D eigenvalue weighted by atomic mass is 32.1. The first kappa shape index (κ1) is 7.74. The fourth-order valence-electron chi connectivity index (χ4n) is 1.21. The van der Waals surface area contributed by atoms with E-state index in [1.165, 1.54) is 0 Å². The Bertz CT molecular complexity index is 356. The summed E-state index contributed by atoms with van der Waals surface area (Å²) in [5.41, 5.74) is 0.938. The van der Waals surface area contributed by atoms with E-state index in [4.69, 9.17) is 4.42 Å². The van der Waals surface area contributed by atoms with Crippen molar-refractivity contribution in [3.05, 3.63) is 36.1 Å². The standard InChI is InChI=1S/C10H10OS/c1-7(12)10-6-8-4-2-3-5-9(8)11-10/h2-7,12H,1H3. The predicted octanol–water partition coefficient (Wildman–Crippen LogP) is 3.42. The maximum absolute atomic E-state index is 5.55. The van der Waals surface area contributed by atoms with E-state index in [2.05, 4.69) is 12.6 Å². The third-order valence-electron chi connectivity index (χ3n) is 1.86. The van der Waals surface area contributed by atoms with Crippen LogP contribution in [0.5, 0.6) is 0 Å². The van der Waals surface area contributed by atoms with Crippen molar-refractivity contribution < 1.29 is 4.42 Å². The molecule has 0 radical (unpaired) electrons. The third kappa shape index (κ3) is 1.23. The summed E-state index contributed by atoms with van der Waals surface area (Å²) in [5.74, 6) is 0.930. The van der Waals surface area contributed by atoms with Gasteiger partial charge in [-0.05, 0) is 19.1 Å². The lowest BCUT2D eigenvalue weighted by Gasteiger charge is -1.94. The van der Waals surface area contributed by atoms with Crippen molar-refractivity contribution in [2.45, 2.75) is 12.2 Å². The maximum Gasteiger partial charge on any atom is 0.134 e. The molecule has 0 saturated carbocycles. The Morgan fingerprint density at radius 1 is 1.33 bits per heavy atom. The summed E-state index contributed by atoms with van der Waals surface area (Å²) in [7, 11) is 0. The van der Waals surface area contributed by atoms with E-state index in [1.807, 2.05) is 37.3 Å². The van der Waals surface area contributed by atoms with Gasteiger partial charge in [-0.1, -0.05) is 18.2 Å². The van der Waals surface area contributed by atoms with Crippen LogP contribution in [0.25, 0.3) is 11.0 Å². The van der Waals surface area contributed by atoms with Gasteiger partial charge in [-0.15, -0.1) is 0 Å². The van der Waals surface area contributed by atoms with Crippen LogP contribution < -0.4 is 0 Å². The van der Waals surface area contributed by atoms with Crippen molar-refractivity contribution in [2.75, 3.05) is 0 Å². The topological polar surface area (TPSA) is 13.1 Å². The number of thiol groups is 1. The van der Waals surface area contributed by atoms with Gasteiger partial charge in [0.25, 0.3) is 0 Å². The Kier molecular flexibility index (Phi) is 1.85. The van der Waals surface area contributed by atoms with Gasteiger partial charge in [0, 0.05) is 5.39 Å². The minimum absolute atomic E-state index is 0.164. The lowest BCUT2D eigenvalue weighted by atomic mass is 10.2. The zero-order valence-electron chi connectivity index (χ0n) is 6.82. The number of benzene rings is 1. The molecule has 0 fully saturated rings. The van der Waals surface area contributed by atoms with Gasteiger partial charge >= 0.3 is 0 Å². The van der Waals surface area contributed by atoms with E-state index in [1.54, 1.807) is 0 Å². The van der Waals surface area contributed by atoms with Crippen LogP contribution in [0.3, 0.4) is 0 Å². The Morgan fingerprint density at radius 3 is 2.75 bits per heavy atom. The van der Waals surface area contributed by atoms with Crippen LogP contribution in [-0.2, 0) is 0 Å². The third-order valence-corrected chi connectivity index (χ3v) is 2.11. The van der Waals surface area contributed by atoms with Crippen LogP contribution in [0.2, 0.25) is 0 Å². The van der Waals surface area contributed by atoms with Crippen molar-refractivity contribution in [1.29, 1.82) is 0 Å². The number of hydrogen-bond donors (Lipinski definition) is 1. The first-order valence-corrected chi connectivity index (χ1v) is 4.45. The van der Waals surface area contributed by atoms with E-state index >= 15 is 0 Å². The average Bonchev–Trinajstić information content (AvgIpc) is 2.46. The SMILES string of the molecule is CC(S)c1cc2ccccc2o1. The monoisotopic (exact) mass is 178 g/mol. The number of hydrogen-bond acceptors (Lipinski definition) is 2. The molecular weight excluding hydrogens is 168 g/mol. The second-order valence-corrected chi connectivity index (χ2v) is 3.64. The molecule has 2 rings (SSSR count). The molecule has 1 aromatic carbocycles. The van der Waals surface area contributed by atoms with Crippen molar-refractivity contribution >= 4 is 23.6 Å². The first-order chi connectivity index (χ1) is 5.77. The summed E-state index contributed by atoms with van der Waals surface area (Å²) in [5, 5.41) is 1.31. The van der Waals surface area contributed by atoms with E-state index < -0.39 is 0 Å². The summed E-state index contributed by atoms with van der Waals surface area (Å²) in [6.45, 7) is 2.00. The summed E-state index contributed by atoms with van der Waals surface area (Å²) in [6, 6.07) is 10.0. The van der Waals surface area contributed by atoms with Gasteiger partial charge in [-0.3, -0.25) is 0 Å². The molecule has 1 aromatic heterocycles. The van der Waals surface area contributed by atoms with Gasteiger partial charge in [0.1, 0.15) is 11.3 Å². The van der Waals surface area contributed by atoms with Gasteiger partial charge in [-0.2, -0.15) is 12.6 Å². The molecule has 1 atom stereocenters. The molecule has 1 heterocycles. The van der Waals surface area contributed by atoms with E-state index in [9.17, 15) is 0 Å². The predicted molar refractivity (Wildman–Crippen MR) is 53.6 cm³/mol. The highest BCUT2D eigenvalue weighted by Crippen LogP contribution is 2.26. The summed E-state index contributed by atoms with van der Waals surface area (Å²) < 4.78 is 5.55. The van der Waals surface area contributed by atoms with E-state index in [-0.39, 0.29) is 5.25 Å². The largest absolute Gasteiger partial charge is 0.460 e. The van der Waals surface area contributed by atoms with Gasteiger partial charge in [0.05, 0.1) is 5.25 Å². The minimum Gasteiger partial charge on any atom is -0.460 e. The molecule has 0 amide bonds. The average molecular weight is 178 g/mol. The molecule has 2 aromatic rings. The lowest BCUT2D eigenvalue weighted by Crippen LogP contribution is -1.75. The second kappa shape index (κ2) is 2.87. The highest BCUT2D eigenvalue weighted by molar-refractivity contribution is 7.80. The van der Waals surface area contributed by atoms with Crippen LogP contribution in [0.1, 0.15) is 17.9 Å². The Balaban J connectivity index is 2.62. The molecule has 62 valence electrons. The molecule has 0 saturated heterocycles. The number of rotatable bonds is 1. The summed E-state index contributed by atoms with van der Waals surface area (Å²) in [6.07, 6.45) is 0. The molecule has 1 nitrogen and oxygen atoms in total. The molecule has 12 heavy (non-hydrogen) atoms. The molecule has 0 aliphatic heterocycles. The van der Waals surface area contributed by atoms with Crippen LogP contribution in [0, 0.1) is 0 Å². The fourth-order valence-corrected chi connectivity index (χ4v) is 1.34. The molecular formula is C10H10OS. The van der Waals surface area contributed by atoms with Crippen LogP contribution in [0.15, 0.2) is 34.7 Å². The highest BCUT2D eigenvalue weighted by Gasteiger charge is 2.05. The summed E-state index contributed by atoms with van der Waals surface area (Å²) in [4.78, 5) is 0. The minimum atomic E-state index is 0.164. The molecule has 0 bridgehead atoms. The van der Waals surface area contributed by atoms with Crippen molar-refractivity contribution in [3.8, 4) is 0 Å². The van der Waals surface area contributed by atoms with Gasteiger partial charge < -0.3 is 4.42 Å². The Labute approximate surface area is 76.8 Å². The van der Waals surface area contributed by atoms with Gasteiger partial charge in [-0.25, -0.2) is 0 Å². The van der Waals surface area contributed by atoms with Crippen molar-refractivity contribution in [3.63, 3.8) is 0 Å². The van der Waals surface area contributed by atoms with Gasteiger partial charge in [0.15, 0.2) is 0 Å². The second-order valence-electron chi connectivity index (χ2n) is 2.86. The summed E-state index contributed by atoms with van der Waals surface area (Å²) >= 11 is 4.30.